The molecule has 5 N–H and O–H groups in total. The van der Waals surface area contributed by atoms with Crippen molar-refractivity contribution in [1.29, 1.82) is 0 Å². The average molecular weight is 712 g/mol. The van der Waals surface area contributed by atoms with Crippen molar-refractivity contribution in [2.75, 3.05) is 82.4 Å². The van der Waals surface area contributed by atoms with E-state index in [1.54, 1.807) is 12.4 Å². The highest BCUT2D eigenvalue weighted by Crippen LogP contribution is 2.39. The number of aromatic nitrogens is 2. The Morgan fingerprint density at radius 3 is 2.43 bits per heavy atom. The van der Waals surface area contributed by atoms with Gasteiger partial charge in [0.05, 0.1) is 17.3 Å². The van der Waals surface area contributed by atoms with Gasteiger partial charge in [0.25, 0.3) is 5.91 Å². The molecule has 8 rings (SSSR count). The number of rotatable bonds is 5. The molecule has 51 heavy (non-hydrogen) atoms. The summed E-state index contributed by atoms with van der Waals surface area (Å²) in [5.74, 6) is 1.45. The van der Waals surface area contributed by atoms with Gasteiger partial charge in [-0.15, -0.1) is 0 Å². The molecule has 2 aromatic rings. The van der Waals surface area contributed by atoms with Crippen molar-refractivity contribution in [1.82, 2.24) is 30.8 Å². The van der Waals surface area contributed by atoms with E-state index in [4.69, 9.17) is 15.2 Å². The molecule has 15 heteroatoms. The molecule has 14 nitrogen and oxygen atoms in total. The molecule has 3 amide bonds. The lowest BCUT2D eigenvalue weighted by molar-refractivity contribution is -0.132. The van der Waals surface area contributed by atoms with Gasteiger partial charge in [-0.3, -0.25) is 19.7 Å². The number of piperazine rings is 1. The number of hydrogen-bond donors (Lipinski definition) is 4. The number of fused-ring (bicyclic) bond motifs is 4. The van der Waals surface area contributed by atoms with Crippen LogP contribution in [0.25, 0.3) is 0 Å². The fourth-order valence-electron chi connectivity index (χ4n) is 7.05. The summed E-state index contributed by atoms with van der Waals surface area (Å²) < 4.78 is 23.7. The predicted octanol–water partition coefficient (Wildman–Crippen LogP) is 1.77. The number of carbonyl (C=O) groups is 3. The van der Waals surface area contributed by atoms with Gasteiger partial charge in [-0.2, -0.15) is 0 Å². The van der Waals surface area contributed by atoms with Crippen molar-refractivity contribution in [2.45, 2.75) is 76.2 Å². The molecule has 6 aliphatic heterocycles. The number of hydrogen-bond acceptors (Lipinski definition) is 12. The molecule has 2 atom stereocenters. The summed E-state index contributed by atoms with van der Waals surface area (Å²) in [6.45, 7) is 10.7. The highest BCUT2D eigenvalue weighted by molar-refractivity contribution is 5.99. The predicted molar refractivity (Wildman–Crippen MR) is 193 cm³/mol. The van der Waals surface area contributed by atoms with Crippen LogP contribution in [0.15, 0.2) is 30.6 Å². The van der Waals surface area contributed by atoms with Crippen LogP contribution in [0.1, 0.15) is 67.8 Å². The second-order valence-electron chi connectivity index (χ2n) is 13.8. The third-order valence-corrected chi connectivity index (χ3v) is 9.82. The highest BCUT2D eigenvalue weighted by atomic mass is 19.1. The summed E-state index contributed by atoms with van der Waals surface area (Å²) >= 11 is 0. The number of alkyl halides is 1. The first-order valence-electron chi connectivity index (χ1n) is 18.2. The zero-order valence-electron chi connectivity index (χ0n) is 30.0. The number of ether oxygens (including phenoxy) is 2. The molecule has 1 aromatic heterocycles. The van der Waals surface area contributed by atoms with Gasteiger partial charge in [0.15, 0.2) is 0 Å². The van der Waals surface area contributed by atoms with Gasteiger partial charge in [0.2, 0.25) is 17.8 Å². The minimum absolute atomic E-state index is 0.0156. The minimum atomic E-state index is -0.762. The van der Waals surface area contributed by atoms with Crippen LogP contribution in [-0.4, -0.2) is 123 Å². The third-order valence-electron chi connectivity index (χ3n) is 9.82. The zero-order valence-corrected chi connectivity index (χ0v) is 30.0. The molecular formula is C36H54FN9O5. The summed E-state index contributed by atoms with van der Waals surface area (Å²) in [4.78, 5) is 48.0. The van der Waals surface area contributed by atoms with Gasteiger partial charge in [0, 0.05) is 96.3 Å². The van der Waals surface area contributed by atoms with Gasteiger partial charge in [-0.25, -0.2) is 14.4 Å². The molecule has 2 unspecified atom stereocenters. The van der Waals surface area contributed by atoms with E-state index in [0.29, 0.717) is 58.1 Å². The number of nitrogens with one attached hydrogen (secondary N) is 3. The van der Waals surface area contributed by atoms with Crippen molar-refractivity contribution in [2.24, 2.45) is 5.73 Å². The monoisotopic (exact) mass is 711 g/mol. The molecule has 0 radical (unpaired) electrons. The molecule has 1 aromatic carbocycles. The van der Waals surface area contributed by atoms with Crippen LogP contribution in [0.3, 0.4) is 0 Å². The molecule has 7 heterocycles. The fraction of sp³-hybridized carbons (Fsp3) is 0.639. The van der Waals surface area contributed by atoms with Crippen molar-refractivity contribution in [3.63, 3.8) is 0 Å². The van der Waals surface area contributed by atoms with Crippen molar-refractivity contribution in [3.8, 4) is 5.75 Å². The number of benzene rings is 1. The van der Waals surface area contributed by atoms with E-state index in [9.17, 15) is 18.8 Å². The van der Waals surface area contributed by atoms with E-state index in [2.05, 4.69) is 53.7 Å². The Hall–Kier alpha value is -3.92. The molecule has 0 aliphatic carbocycles. The molecule has 1 spiro atoms. The number of nitrogens with zero attached hydrogens (tertiary/aromatic N) is 5. The molecule has 6 aliphatic rings. The molecule has 280 valence electrons. The Kier molecular flexibility index (Phi) is 13.9. The second kappa shape index (κ2) is 18.5. The standard InChI is InChI=1S/C14H17N3O2.C12H17N3O.C5H13FN2.C5H7NO2/c1-16-2-3-17-10(7-16)8-19-13-5-11-9(4-12(13)17)6-15-14(11)18;1-3-12(16-10-1)4-8-15(9-5-12)11-13-6-2-7-14-11;1-5(6)4-8-3-2-7;7-4-2-1-3-5(8)6-4/h4-5,10H,2-3,6-8H2,1H3,(H,15,18);2,6-7H,1,3-5,8-10H2;5,8H,2-4,7H2,1H3;1-3H2,(H,6,7,8). The van der Waals surface area contributed by atoms with E-state index >= 15 is 0 Å². The van der Waals surface area contributed by atoms with Gasteiger partial charge < -0.3 is 40.5 Å². The van der Waals surface area contributed by atoms with Gasteiger partial charge >= 0.3 is 0 Å². The van der Waals surface area contributed by atoms with E-state index in [0.717, 1.165) is 80.7 Å². The first-order valence-corrected chi connectivity index (χ1v) is 18.2. The number of halogens is 1. The maximum Gasteiger partial charge on any atom is 0.252 e. The number of nitrogens with two attached hydrogens (primary N) is 1. The van der Waals surface area contributed by atoms with Gasteiger partial charge in [-0.05, 0) is 69.8 Å². The highest BCUT2D eigenvalue weighted by Gasteiger charge is 2.39. The lowest BCUT2D eigenvalue weighted by atomic mass is 9.89. The Morgan fingerprint density at radius 2 is 1.80 bits per heavy atom. The number of amides is 3. The first-order chi connectivity index (χ1) is 24.7. The van der Waals surface area contributed by atoms with Crippen molar-refractivity contribution >= 4 is 29.4 Å². The van der Waals surface area contributed by atoms with E-state index in [-0.39, 0.29) is 23.3 Å². The maximum absolute atomic E-state index is 11.9. The van der Waals surface area contributed by atoms with Crippen LogP contribution in [0.5, 0.6) is 5.75 Å². The smallest absolute Gasteiger partial charge is 0.252 e. The first kappa shape index (κ1) is 38.3. The van der Waals surface area contributed by atoms with Crippen LogP contribution in [0.4, 0.5) is 16.0 Å². The van der Waals surface area contributed by atoms with Crippen LogP contribution >= 0.6 is 0 Å². The SMILES string of the molecule is CC(F)CNCCN.CN1CCN2c3cc4c(cc3OCC2C1)C(=O)NC4.O=C1CCCC(=O)N1.c1cnc(N2CCC3(CCCO3)CC2)nc1. The lowest BCUT2D eigenvalue weighted by Gasteiger charge is -2.44. The van der Waals surface area contributed by atoms with Crippen LogP contribution in [0.2, 0.25) is 0 Å². The number of likely N-dealkylation sites (N-methyl/N-ethyl adjacent to an activating group) is 1. The summed E-state index contributed by atoms with van der Waals surface area (Å²) in [7, 11) is 2.15. The quantitative estimate of drug-likeness (QED) is 0.263. The minimum Gasteiger partial charge on any atom is -0.489 e. The number of piperidine rings is 2. The largest absolute Gasteiger partial charge is 0.489 e. The molecule has 0 saturated carbocycles. The van der Waals surface area contributed by atoms with Gasteiger partial charge in [0.1, 0.15) is 18.5 Å². The molecule has 0 bridgehead atoms. The molecule has 4 fully saturated rings. The Labute approximate surface area is 300 Å². The van der Waals surface area contributed by atoms with E-state index < -0.39 is 6.17 Å². The normalized spacial score (nSPS) is 22.3. The van der Waals surface area contributed by atoms with Crippen LogP contribution in [-0.2, 0) is 20.9 Å². The average Bonchev–Trinajstić information content (AvgIpc) is 3.74. The van der Waals surface area contributed by atoms with E-state index in [1.807, 2.05) is 12.1 Å². The third kappa shape index (κ3) is 10.8. The van der Waals surface area contributed by atoms with E-state index in [1.165, 1.54) is 19.8 Å². The lowest BCUT2D eigenvalue weighted by Crippen LogP contribution is -2.56. The fourth-order valence-corrected chi connectivity index (χ4v) is 7.05. The Morgan fingerprint density at radius 1 is 1.06 bits per heavy atom. The second-order valence-corrected chi connectivity index (χ2v) is 13.8. The van der Waals surface area contributed by atoms with Crippen molar-refractivity contribution < 1.29 is 28.2 Å². The molecule has 4 saturated heterocycles. The van der Waals surface area contributed by atoms with Crippen LogP contribution < -0.4 is 36.2 Å². The number of carbonyl (C=O) groups excluding carboxylic acids is 3. The summed E-state index contributed by atoms with van der Waals surface area (Å²) in [6, 6.07) is 6.31. The maximum atomic E-state index is 11.9. The summed E-state index contributed by atoms with van der Waals surface area (Å²) in [5.41, 5.74) is 8.33. The zero-order chi connectivity index (χ0) is 36.2. The Bertz CT molecular complexity index is 1440. The summed E-state index contributed by atoms with van der Waals surface area (Å²) in [5, 5.41) is 7.90. The van der Waals surface area contributed by atoms with Gasteiger partial charge in [-0.1, -0.05) is 0 Å². The van der Waals surface area contributed by atoms with Crippen LogP contribution in [0, 0.1) is 0 Å². The Balaban J connectivity index is 0.000000142. The van der Waals surface area contributed by atoms with Crippen molar-refractivity contribution in [3.05, 3.63) is 41.7 Å². The number of imide groups is 1. The molecular weight excluding hydrogens is 657 g/mol. The summed E-state index contributed by atoms with van der Waals surface area (Å²) in [6.07, 6.45) is 9.26. The number of anilines is 2. The topological polar surface area (TPSA) is 167 Å².